The van der Waals surface area contributed by atoms with E-state index in [4.69, 9.17) is 10.5 Å². The number of aryl methyl sites for hydroxylation is 1. The molecule has 1 saturated heterocycles. The largest absolute Gasteiger partial charge is 0.461 e. The minimum absolute atomic E-state index is 0.301. The third-order valence-corrected chi connectivity index (χ3v) is 6.36. The Hall–Kier alpha value is -3.35. The van der Waals surface area contributed by atoms with Gasteiger partial charge in [0.25, 0.3) is 0 Å². The molecule has 1 fully saturated rings. The molecule has 3 aromatic rings. The lowest BCUT2D eigenvalue weighted by Crippen LogP contribution is -2.31. The van der Waals surface area contributed by atoms with E-state index in [1.54, 1.807) is 13.1 Å². The zero-order chi connectivity index (χ0) is 23.5. The number of benzene rings is 1. The van der Waals surface area contributed by atoms with Gasteiger partial charge in [-0.2, -0.15) is 5.21 Å². The third kappa shape index (κ3) is 4.27. The molecule has 0 amide bonds. The van der Waals surface area contributed by atoms with Crippen LogP contribution in [0.1, 0.15) is 41.4 Å². The van der Waals surface area contributed by atoms with Gasteiger partial charge < -0.3 is 30.6 Å². The number of tetrazole rings is 1. The van der Waals surface area contributed by atoms with Crippen LogP contribution in [0.4, 0.5) is 11.6 Å². The number of hydrogen-bond donors (Lipinski definition) is 4. The molecule has 12 heteroatoms. The van der Waals surface area contributed by atoms with Gasteiger partial charge in [0.1, 0.15) is 0 Å². The van der Waals surface area contributed by atoms with Gasteiger partial charge in [-0.05, 0) is 48.7 Å². The summed E-state index contributed by atoms with van der Waals surface area (Å²) >= 11 is 0. The van der Waals surface area contributed by atoms with Gasteiger partial charge in [0.05, 0.1) is 17.9 Å². The van der Waals surface area contributed by atoms with Gasteiger partial charge in [-0.3, -0.25) is 0 Å². The number of hydrogen-bond acceptors (Lipinski definition) is 10. The predicted molar refractivity (Wildman–Crippen MR) is 125 cm³/mol. The fourth-order valence-corrected chi connectivity index (χ4v) is 4.72. The number of aromatic nitrogens is 6. The lowest BCUT2D eigenvalue weighted by Gasteiger charge is -2.31. The summed E-state index contributed by atoms with van der Waals surface area (Å²) in [5, 5.41) is 21.9. The lowest BCUT2D eigenvalue weighted by atomic mass is 9.97. The van der Waals surface area contributed by atoms with E-state index in [1.165, 1.54) is 0 Å². The summed E-state index contributed by atoms with van der Waals surface area (Å²) in [4.78, 5) is 19.0. The van der Waals surface area contributed by atoms with Gasteiger partial charge in [-0.1, -0.05) is 6.07 Å². The van der Waals surface area contributed by atoms with Crippen LogP contribution in [0.2, 0.25) is 0 Å². The van der Waals surface area contributed by atoms with E-state index in [-0.39, 0.29) is 0 Å². The highest BCUT2D eigenvalue weighted by Gasteiger charge is 2.28. The smallest absolute Gasteiger partial charge is 0.358 e. The average molecular weight is 467 g/mol. The number of ether oxygens (including phenoxy) is 1. The number of H-pyrrole nitrogens is 1. The number of aromatic amines is 1. The van der Waals surface area contributed by atoms with Gasteiger partial charge in [0.15, 0.2) is 5.69 Å². The molecule has 0 saturated carbocycles. The van der Waals surface area contributed by atoms with Gasteiger partial charge in [-0.15, -0.1) is 10.2 Å². The summed E-state index contributed by atoms with van der Waals surface area (Å²) in [6.45, 7) is 6.62. The maximum Gasteiger partial charge on any atom is 0.358 e. The van der Waals surface area contributed by atoms with Crippen LogP contribution in [-0.2, 0) is 24.4 Å². The van der Waals surface area contributed by atoms with Crippen molar-refractivity contribution in [2.45, 2.75) is 45.4 Å². The van der Waals surface area contributed by atoms with E-state index >= 15 is 0 Å². The van der Waals surface area contributed by atoms with E-state index in [9.17, 15) is 4.79 Å². The van der Waals surface area contributed by atoms with Gasteiger partial charge in [0.2, 0.25) is 11.8 Å². The molecule has 5 rings (SSSR count). The molecular weight excluding hydrogens is 436 g/mol. The summed E-state index contributed by atoms with van der Waals surface area (Å²) in [5.74, 6) is 0.743. The van der Waals surface area contributed by atoms with Crippen molar-refractivity contribution in [2.24, 2.45) is 5.73 Å². The molecule has 12 nitrogen and oxygen atoms in total. The Labute approximate surface area is 197 Å². The van der Waals surface area contributed by atoms with Crippen LogP contribution in [0, 0.1) is 0 Å². The minimum Gasteiger partial charge on any atom is -0.461 e. The first-order valence-electron chi connectivity index (χ1n) is 11.7. The predicted octanol–water partition coefficient (Wildman–Crippen LogP) is 0.692. The summed E-state index contributed by atoms with van der Waals surface area (Å²) in [6.07, 6.45) is 3.76. The van der Waals surface area contributed by atoms with Crippen LogP contribution in [0.5, 0.6) is 0 Å². The quantitative estimate of drug-likeness (QED) is 0.349. The number of nitrogens with one attached hydrogen (secondary N) is 3. The molecule has 2 aliphatic rings. The molecule has 0 aliphatic carbocycles. The minimum atomic E-state index is -0.423. The molecule has 0 bridgehead atoms. The van der Waals surface area contributed by atoms with E-state index < -0.39 is 5.97 Å². The lowest BCUT2D eigenvalue weighted by molar-refractivity contribution is 0.0520. The number of carbonyl (C=O) groups is 1. The highest BCUT2D eigenvalue weighted by molar-refractivity contribution is 5.88. The number of esters is 1. The molecule has 5 N–H and O–H groups in total. The Balaban J connectivity index is 1.55. The van der Waals surface area contributed by atoms with Crippen molar-refractivity contribution >= 4 is 17.6 Å². The number of imidazole rings is 1. The standard InChI is InChI=1S/C22H30N10O2/c1-2-34-21(33)17-13-31-8-3-9-32(22(31)26-17)18-5-4-14(11-25-15-6-7-24-12-15)16(10-23)19(18)20-27-29-30-28-20/h4-5,13,15,24-25H,2-3,6-12,23H2,1H3,(H,27,28,29,30)/t15-/m1/s1. The second kappa shape index (κ2) is 9.87. The molecule has 0 spiro atoms. The number of carbonyl (C=O) groups excluding carboxylic acids is 1. The van der Waals surface area contributed by atoms with Gasteiger partial charge >= 0.3 is 5.97 Å². The first kappa shape index (κ1) is 22.4. The molecule has 1 aromatic carbocycles. The molecule has 4 heterocycles. The fraction of sp³-hybridized carbons (Fsp3) is 0.500. The van der Waals surface area contributed by atoms with Crippen molar-refractivity contribution in [1.82, 2.24) is 40.8 Å². The molecule has 0 unspecified atom stereocenters. The Kier molecular flexibility index (Phi) is 6.52. The maximum absolute atomic E-state index is 12.3. The Morgan fingerprint density at radius 3 is 3.00 bits per heavy atom. The van der Waals surface area contributed by atoms with Crippen LogP contribution >= 0.6 is 0 Å². The van der Waals surface area contributed by atoms with Gasteiger partial charge in [-0.25, -0.2) is 9.78 Å². The van der Waals surface area contributed by atoms with Crippen molar-refractivity contribution < 1.29 is 9.53 Å². The maximum atomic E-state index is 12.3. The number of nitrogens with two attached hydrogens (primary N) is 1. The van der Waals surface area contributed by atoms with Crippen LogP contribution < -0.4 is 21.3 Å². The van der Waals surface area contributed by atoms with Crippen LogP contribution in [0.25, 0.3) is 11.4 Å². The Morgan fingerprint density at radius 1 is 1.35 bits per heavy atom. The van der Waals surface area contributed by atoms with E-state index in [1.807, 2.05) is 4.57 Å². The number of fused-ring (bicyclic) bond motifs is 1. The van der Waals surface area contributed by atoms with E-state index in [2.05, 4.69) is 53.3 Å². The molecule has 1 atom stereocenters. The fourth-order valence-electron chi connectivity index (χ4n) is 4.72. The van der Waals surface area contributed by atoms with Crippen molar-refractivity contribution in [2.75, 3.05) is 31.1 Å². The monoisotopic (exact) mass is 466 g/mol. The highest BCUT2D eigenvalue weighted by atomic mass is 16.5. The Morgan fingerprint density at radius 2 is 2.26 bits per heavy atom. The first-order valence-corrected chi connectivity index (χ1v) is 11.7. The molecule has 2 aromatic heterocycles. The van der Waals surface area contributed by atoms with Crippen LogP contribution in [0.3, 0.4) is 0 Å². The second-order valence-corrected chi connectivity index (χ2v) is 8.45. The molecular formula is C22H30N10O2. The first-order chi connectivity index (χ1) is 16.7. The topological polar surface area (TPSA) is 152 Å². The molecule has 180 valence electrons. The third-order valence-electron chi connectivity index (χ3n) is 6.36. The average Bonchev–Trinajstić information content (AvgIpc) is 3.63. The number of rotatable bonds is 8. The molecule has 34 heavy (non-hydrogen) atoms. The van der Waals surface area contributed by atoms with Crippen LogP contribution in [-0.4, -0.2) is 68.4 Å². The van der Waals surface area contributed by atoms with Crippen molar-refractivity contribution in [3.63, 3.8) is 0 Å². The second-order valence-electron chi connectivity index (χ2n) is 8.45. The summed E-state index contributed by atoms with van der Waals surface area (Å²) < 4.78 is 7.14. The normalized spacial score (nSPS) is 17.7. The van der Waals surface area contributed by atoms with Crippen molar-refractivity contribution in [3.8, 4) is 11.4 Å². The SMILES string of the molecule is CCOC(=O)c1cn2c(n1)N(c1ccc(CN[C@@H]3CCNC3)c(CN)c1-c1nn[nH]n1)CCC2. The van der Waals surface area contributed by atoms with Crippen molar-refractivity contribution in [3.05, 3.63) is 35.2 Å². The Bertz CT molecular complexity index is 1140. The van der Waals surface area contributed by atoms with E-state index in [0.29, 0.717) is 43.2 Å². The molecule has 0 radical (unpaired) electrons. The van der Waals surface area contributed by atoms with Gasteiger partial charge in [0, 0.05) is 45.0 Å². The highest BCUT2D eigenvalue weighted by Crippen LogP contribution is 2.39. The van der Waals surface area contributed by atoms with E-state index in [0.717, 1.165) is 61.4 Å². The zero-order valence-corrected chi connectivity index (χ0v) is 19.3. The number of anilines is 2. The summed E-state index contributed by atoms with van der Waals surface area (Å²) in [5.41, 5.74) is 10.4. The zero-order valence-electron chi connectivity index (χ0n) is 19.3. The summed E-state index contributed by atoms with van der Waals surface area (Å²) in [6, 6.07) is 4.60. The van der Waals surface area contributed by atoms with Crippen LogP contribution in [0.15, 0.2) is 18.3 Å². The summed E-state index contributed by atoms with van der Waals surface area (Å²) in [7, 11) is 0. The molecule has 2 aliphatic heterocycles. The van der Waals surface area contributed by atoms with Crippen molar-refractivity contribution in [1.29, 1.82) is 0 Å². The number of nitrogens with zero attached hydrogens (tertiary/aromatic N) is 6.